The van der Waals surface area contributed by atoms with Gasteiger partial charge in [0.05, 0.1) is 17.7 Å². The number of nitrogens with one attached hydrogen (secondary N) is 1. The zero-order valence-corrected chi connectivity index (χ0v) is 11.5. The minimum atomic E-state index is -0.590. The molecule has 0 spiro atoms. The molecule has 4 heteroatoms. The van der Waals surface area contributed by atoms with E-state index in [0.717, 1.165) is 5.56 Å². The zero-order valence-electron chi connectivity index (χ0n) is 11.5. The van der Waals surface area contributed by atoms with Gasteiger partial charge in [0.2, 0.25) is 0 Å². The van der Waals surface area contributed by atoms with Crippen molar-refractivity contribution in [2.24, 2.45) is 0 Å². The summed E-state index contributed by atoms with van der Waals surface area (Å²) >= 11 is 0. The number of nitriles is 1. The van der Waals surface area contributed by atoms with Gasteiger partial charge in [0.25, 0.3) is 5.91 Å². The Bertz CT molecular complexity index is 630. The second-order valence-electron chi connectivity index (χ2n) is 4.66. The Morgan fingerprint density at radius 1 is 1.14 bits per heavy atom. The van der Waals surface area contributed by atoms with E-state index in [4.69, 9.17) is 5.26 Å². The molecule has 0 bridgehead atoms. The SMILES string of the molecule is N#Cc1ccc(C(=O)NCC[C@H](O)c2ccccc2)cc1. The summed E-state index contributed by atoms with van der Waals surface area (Å²) in [4.78, 5) is 11.9. The van der Waals surface area contributed by atoms with Crippen LogP contribution in [0.2, 0.25) is 0 Å². The average molecular weight is 280 g/mol. The monoisotopic (exact) mass is 280 g/mol. The van der Waals surface area contributed by atoms with E-state index in [1.807, 2.05) is 36.4 Å². The van der Waals surface area contributed by atoms with Gasteiger partial charge in [-0.25, -0.2) is 0 Å². The Labute approximate surface area is 123 Å². The van der Waals surface area contributed by atoms with Crippen LogP contribution in [0.5, 0.6) is 0 Å². The quantitative estimate of drug-likeness (QED) is 0.883. The summed E-state index contributed by atoms with van der Waals surface area (Å²) in [7, 11) is 0. The Morgan fingerprint density at radius 2 is 1.81 bits per heavy atom. The number of aliphatic hydroxyl groups excluding tert-OH is 1. The lowest BCUT2D eigenvalue weighted by Gasteiger charge is -2.11. The van der Waals surface area contributed by atoms with Crippen LogP contribution >= 0.6 is 0 Å². The van der Waals surface area contributed by atoms with Gasteiger partial charge in [-0.2, -0.15) is 5.26 Å². The van der Waals surface area contributed by atoms with Gasteiger partial charge >= 0.3 is 0 Å². The van der Waals surface area contributed by atoms with Crippen molar-refractivity contribution < 1.29 is 9.90 Å². The second kappa shape index (κ2) is 7.22. The van der Waals surface area contributed by atoms with E-state index in [9.17, 15) is 9.90 Å². The van der Waals surface area contributed by atoms with Crippen molar-refractivity contribution in [2.45, 2.75) is 12.5 Å². The van der Waals surface area contributed by atoms with Crippen molar-refractivity contribution in [3.63, 3.8) is 0 Å². The summed E-state index contributed by atoms with van der Waals surface area (Å²) in [6.45, 7) is 0.384. The van der Waals surface area contributed by atoms with Crippen LogP contribution in [0.4, 0.5) is 0 Å². The number of carbonyl (C=O) groups is 1. The molecule has 0 radical (unpaired) electrons. The lowest BCUT2D eigenvalue weighted by molar-refractivity contribution is 0.0942. The lowest BCUT2D eigenvalue weighted by atomic mass is 10.1. The highest BCUT2D eigenvalue weighted by atomic mass is 16.3. The summed E-state index contributed by atoms with van der Waals surface area (Å²) in [6.07, 6.45) is -0.140. The molecule has 106 valence electrons. The van der Waals surface area contributed by atoms with Crippen molar-refractivity contribution in [1.29, 1.82) is 5.26 Å². The lowest BCUT2D eigenvalue weighted by Crippen LogP contribution is -2.25. The van der Waals surface area contributed by atoms with E-state index < -0.39 is 6.10 Å². The van der Waals surface area contributed by atoms with Gasteiger partial charge in [-0.3, -0.25) is 4.79 Å². The van der Waals surface area contributed by atoms with Crippen molar-refractivity contribution in [1.82, 2.24) is 5.32 Å². The molecule has 4 nitrogen and oxygen atoms in total. The molecular formula is C17H16N2O2. The highest BCUT2D eigenvalue weighted by Gasteiger charge is 2.09. The Kier molecular flexibility index (Phi) is 5.08. The number of rotatable bonds is 5. The Morgan fingerprint density at radius 3 is 2.43 bits per heavy atom. The third-order valence-electron chi connectivity index (χ3n) is 3.16. The number of nitrogens with zero attached hydrogens (tertiary/aromatic N) is 1. The Balaban J connectivity index is 1.83. The van der Waals surface area contributed by atoms with Crippen LogP contribution in [0.3, 0.4) is 0 Å². The zero-order chi connectivity index (χ0) is 15.1. The van der Waals surface area contributed by atoms with E-state index >= 15 is 0 Å². The van der Waals surface area contributed by atoms with Gasteiger partial charge in [0.15, 0.2) is 0 Å². The number of hydrogen-bond donors (Lipinski definition) is 2. The topological polar surface area (TPSA) is 73.1 Å². The first-order chi connectivity index (χ1) is 10.2. The van der Waals surface area contributed by atoms with Crippen LogP contribution < -0.4 is 5.32 Å². The largest absolute Gasteiger partial charge is 0.388 e. The summed E-state index contributed by atoms with van der Waals surface area (Å²) in [5, 5.41) is 21.4. The maximum atomic E-state index is 11.9. The van der Waals surface area contributed by atoms with Gasteiger partial charge in [0.1, 0.15) is 0 Å². The maximum Gasteiger partial charge on any atom is 0.251 e. The molecule has 0 heterocycles. The molecule has 2 N–H and O–H groups in total. The molecule has 2 aromatic carbocycles. The molecule has 21 heavy (non-hydrogen) atoms. The number of carbonyl (C=O) groups excluding carboxylic acids is 1. The molecule has 0 aromatic heterocycles. The molecule has 0 unspecified atom stereocenters. The third kappa shape index (κ3) is 4.16. The molecule has 0 aliphatic heterocycles. The average Bonchev–Trinajstić information content (AvgIpc) is 2.55. The van der Waals surface area contributed by atoms with Gasteiger partial charge in [-0.1, -0.05) is 30.3 Å². The van der Waals surface area contributed by atoms with Crippen LogP contribution in [0.15, 0.2) is 54.6 Å². The number of benzene rings is 2. The predicted molar refractivity (Wildman–Crippen MR) is 79.5 cm³/mol. The minimum Gasteiger partial charge on any atom is -0.388 e. The van der Waals surface area contributed by atoms with E-state index in [1.165, 1.54) is 0 Å². The van der Waals surface area contributed by atoms with Crippen molar-refractivity contribution in [3.8, 4) is 6.07 Å². The molecule has 1 atom stereocenters. The highest BCUT2D eigenvalue weighted by Crippen LogP contribution is 2.15. The van der Waals surface area contributed by atoms with Crippen LogP contribution in [-0.2, 0) is 0 Å². The second-order valence-corrected chi connectivity index (χ2v) is 4.66. The minimum absolute atomic E-state index is 0.209. The third-order valence-corrected chi connectivity index (χ3v) is 3.16. The normalized spacial score (nSPS) is 11.4. The fraction of sp³-hybridized carbons (Fsp3) is 0.176. The van der Waals surface area contributed by atoms with Crippen LogP contribution in [0.1, 0.15) is 34.0 Å². The van der Waals surface area contributed by atoms with Gasteiger partial charge in [0, 0.05) is 12.1 Å². The molecule has 0 fully saturated rings. The predicted octanol–water partition coefficient (Wildman–Crippen LogP) is 2.41. The molecule has 0 aliphatic carbocycles. The van der Waals surface area contributed by atoms with Gasteiger partial charge in [-0.05, 0) is 36.2 Å². The summed E-state index contributed by atoms with van der Waals surface area (Å²) < 4.78 is 0. The van der Waals surface area contributed by atoms with Crippen molar-refractivity contribution in [2.75, 3.05) is 6.54 Å². The van der Waals surface area contributed by atoms with E-state index in [-0.39, 0.29) is 5.91 Å². The summed E-state index contributed by atoms with van der Waals surface area (Å²) in [5.74, 6) is -0.209. The first-order valence-electron chi connectivity index (χ1n) is 6.72. The number of hydrogen-bond acceptors (Lipinski definition) is 3. The van der Waals surface area contributed by atoms with Crippen molar-refractivity contribution >= 4 is 5.91 Å². The van der Waals surface area contributed by atoms with Crippen LogP contribution in [0, 0.1) is 11.3 Å². The van der Waals surface area contributed by atoms with Crippen LogP contribution in [0.25, 0.3) is 0 Å². The standard InChI is InChI=1S/C17H16N2O2/c18-12-13-6-8-15(9-7-13)17(21)19-11-10-16(20)14-4-2-1-3-5-14/h1-9,16,20H,10-11H2,(H,19,21)/t16-/m0/s1. The van der Waals surface area contributed by atoms with E-state index in [1.54, 1.807) is 24.3 Å². The number of aliphatic hydroxyl groups is 1. The van der Waals surface area contributed by atoms with Gasteiger partial charge < -0.3 is 10.4 Å². The fourth-order valence-corrected chi connectivity index (χ4v) is 1.96. The molecular weight excluding hydrogens is 264 g/mol. The molecule has 0 saturated carbocycles. The number of amides is 1. The fourth-order valence-electron chi connectivity index (χ4n) is 1.96. The molecule has 2 rings (SSSR count). The maximum absolute atomic E-state index is 11.9. The highest BCUT2D eigenvalue weighted by molar-refractivity contribution is 5.94. The smallest absolute Gasteiger partial charge is 0.251 e. The molecule has 0 saturated heterocycles. The molecule has 0 aliphatic rings. The van der Waals surface area contributed by atoms with E-state index in [0.29, 0.717) is 24.1 Å². The van der Waals surface area contributed by atoms with Crippen molar-refractivity contribution in [3.05, 3.63) is 71.3 Å². The first kappa shape index (κ1) is 14.8. The molecule has 1 amide bonds. The Hall–Kier alpha value is -2.64. The summed E-state index contributed by atoms with van der Waals surface area (Å²) in [6, 6.07) is 17.8. The van der Waals surface area contributed by atoms with Crippen LogP contribution in [-0.4, -0.2) is 17.6 Å². The molecule has 2 aromatic rings. The van der Waals surface area contributed by atoms with Gasteiger partial charge in [-0.15, -0.1) is 0 Å². The first-order valence-corrected chi connectivity index (χ1v) is 6.72. The van der Waals surface area contributed by atoms with E-state index in [2.05, 4.69) is 5.32 Å². The summed E-state index contributed by atoms with van der Waals surface area (Å²) in [5.41, 5.74) is 1.86.